The van der Waals surface area contributed by atoms with Crippen LogP contribution in [0.15, 0.2) is 29.2 Å². The minimum atomic E-state index is -4.22. The monoisotopic (exact) mass is 261 g/mol. The van der Waals surface area contributed by atoms with Crippen LogP contribution in [0.2, 0.25) is 0 Å². The van der Waals surface area contributed by atoms with Gasteiger partial charge < -0.3 is 5.73 Å². The zero-order valence-electron chi connectivity index (χ0n) is 9.42. The largest absolute Gasteiger partial charge is 0.446 e. The van der Waals surface area contributed by atoms with Crippen molar-refractivity contribution in [3.63, 3.8) is 0 Å². The van der Waals surface area contributed by atoms with Gasteiger partial charge in [-0.25, -0.2) is 0 Å². The Morgan fingerprint density at radius 1 is 1.24 bits per heavy atom. The standard InChI is InChI=1S/C12H14F3NS/c1-8(16)11(6-7-11)9-2-4-10(5-3-9)17-12(13,14)15/h2-5,8H,6-7,16H2,1H3. The molecule has 94 valence electrons. The smallest absolute Gasteiger partial charge is 0.327 e. The van der Waals surface area contributed by atoms with Crippen molar-refractivity contribution in [1.82, 2.24) is 0 Å². The van der Waals surface area contributed by atoms with Crippen LogP contribution < -0.4 is 5.73 Å². The molecule has 0 aliphatic heterocycles. The van der Waals surface area contributed by atoms with E-state index >= 15 is 0 Å². The van der Waals surface area contributed by atoms with E-state index in [4.69, 9.17) is 5.73 Å². The van der Waals surface area contributed by atoms with Crippen molar-refractivity contribution >= 4 is 11.8 Å². The fourth-order valence-electron chi connectivity index (χ4n) is 2.13. The summed E-state index contributed by atoms with van der Waals surface area (Å²) in [6.45, 7) is 1.95. The number of thioether (sulfide) groups is 1. The second kappa shape index (κ2) is 4.21. The molecule has 0 bridgehead atoms. The highest BCUT2D eigenvalue weighted by Crippen LogP contribution is 2.50. The topological polar surface area (TPSA) is 26.0 Å². The summed E-state index contributed by atoms with van der Waals surface area (Å²) < 4.78 is 36.5. The second-order valence-corrected chi connectivity index (χ2v) is 5.66. The van der Waals surface area contributed by atoms with E-state index in [1.165, 1.54) is 12.1 Å². The van der Waals surface area contributed by atoms with E-state index in [0.717, 1.165) is 18.4 Å². The molecule has 1 aliphatic rings. The minimum absolute atomic E-state index is 0.00142. The molecule has 2 rings (SSSR count). The average molecular weight is 261 g/mol. The maximum Gasteiger partial charge on any atom is 0.446 e. The predicted octanol–water partition coefficient (Wildman–Crippen LogP) is 3.68. The van der Waals surface area contributed by atoms with Gasteiger partial charge in [0.25, 0.3) is 0 Å². The number of hydrogen-bond acceptors (Lipinski definition) is 2. The van der Waals surface area contributed by atoms with E-state index in [0.29, 0.717) is 0 Å². The summed E-state index contributed by atoms with van der Waals surface area (Å²) in [7, 11) is 0. The van der Waals surface area contributed by atoms with Gasteiger partial charge in [-0.15, -0.1) is 0 Å². The van der Waals surface area contributed by atoms with Crippen LogP contribution >= 0.6 is 11.8 Å². The van der Waals surface area contributed by atoms with Crippen LogP contribution in [0, 0.1) is 0 Å². The van der Waals surface area contributed by atoms with Gasteiger partial charge in [0.05, 0.1) is 0 Å². The van der Waals surface area contributed by atoms with Gasteiger partial charge in [-0.3, -0.25) is 0 Å². The highest BCUT2D eigenvalue weighted by Gasteiger charge is 2.47. The predicted molar refractivity (Wildman–Crippen MR) is 62.9 cm³/mol. The Kier molecular flexibility index (Phi) is 3.16. The number of rotatable bonds is 3. The van der Waals surface area contributed by atoms with Crippen LogP contribution in [0.25, 0.3) is 0 Å². The molecule has 2 N–H and O–H groups in total. The number of hydrogen-bond donors (Lipinski definition) is 1. The Labute approximate surface area is 103 Å². The van der Waals surface area contributed by atoms with Crippen LogP contribution in [-0.2, 0) is 5.41 Å². The fraction of sp³-hybridized carbons (Fsp3) is 0.500. The van der Waals surface area contributed by atoms with Crippen molar-refractivity contribution in [2.75, 3.05) is 0 Å². The van der Waals surface area contributed by atoms with Crippen molar-refractivity contribution in [2.45, 2.75) is 41.6 Å². The normalized spacial score (nSPS) is 20.1. The molecule has 1 aliphatic carbocycles. The van der Waals surface area contributed by atoms with E-state index < -0.39 is 5.51 Å². The summed E-state index contributed by atoms with van der Waals surface area (Å²) >= 11 is -0.0824. The number of nitrogens with two attached hydrogens (primary N) is 1. The lowest BCUT2D eigenvalue weighted by atomic mass is 9.90. The van der Waals surface area contributed by atoms with Gasteiger partial charge in [0.15, 0.2) is 0 Å². The van der Waals surface area contributed by atoms with Crippen LogP contribution in [0.4, 0.5) is 13.2 Å². The molecule has 1 atom stereocenters. The van der Waals surface area contributed by atoms with Crippen molar-refractivity contribution in [3.8, 4) is 0 Å². The minimum Gasteiger partial charge on any atom is -0.327 e. The molecule has 1 saturated carbocycles. The SMILES string of the molecule is CC(N)C1(c2ccc(SC(F)(F)F)cc2)CC1. The highest BCUT2D eigenvalue weighted by molar-refractivity contribution is 8.00. The van der Waals surface area contributed by atoms with Crippen molar-refractivity contribution in [3.05, 3.63) is 29.8 Å². The zero-order valence-corrected chi connectivity index (χ0v) is 10.2. The molecule has 1 unspecified atom stereocenters. The third-order valence-electron chi connectivity index (χ3n) is 3.32. The molecule has 1 nitrogen and oxygen atoms in total. The summed E-state index contributed by atoms with van der Waals surface area (Å²) in [6.07, 6.45) is 2.05. The maximum atomic E-state index is 12.2. The first kappa shape index (κ1) is 12.8. The van der Waals surface area contributed by atoms with Gasteiger partial charge in [-0.2, -0.15) is 13.2 Å². The van der Waals surface area contributed by atoms with E-state index in [-0.39, 0.29) is 28.1 Å². The van der Waals surface area contributed by atoms with Crippen molar-refractivity contribution in [2.24, 2.45) is 5.73 Å². The van der Waals surface area contributed by atoms with Crippen molar-refractivity contribution in [1.29, 1.82) is 0 Å². The lowest BCUT2D eigenvalue weighted by Crippen LogP contribution is -2.31. The molecule has 0 radical (unpaired) electrons. The summed E-state index contributed by atoms with van der Waals surface area (Å²) in [5.41, 5.74) is 2.75. The highest BCUT2D eigenvalue weighted by atomic mass is 32.2. The van der Waals surface area contributed by atoms with E-state index in [1.807, 2.05) is 6.92 Å². The summed E-state index contributed by atoms with van der Waals surface area (Å²) in [5.74, 6) is 0. The number of benzene rings is 1. The molecule has 17 heavy (non-hydrogen) atoms. The number of alkyl halides is 3. The van der Waals surface area contributed by atoms with Gasteiger partial charge >= 0.3 is 5.51 Å². The Balaban J connectivity index is 2.14. The van der Waals surface area contributed by atoms with Crippen LogP contribution in [0.5, 0.6) is 0 Å². The van der Waals surface area contributed by atoms with Gasteiger partial charge in [-0.05, 0) is 49.2 Å². The molecule has 1 fully saturated rings. The maximum absolute atomic E-state index is 12.2. The van der Waals surface area contributed by atoms with E-state index in [9.17, 15) is 13.2 Å². The van der Waals surface area contributed by atoms with Gasteiger partial charge in [0.2, 0.25) is 0 Å². The summed E-state index contributed by atoms with van der Waals surface area (Å²) in [4.78, 5) is 0.224. The van der Waals surface area contributed by atoms with Crippen LogP contribution in [-0.4, -0.2) is 11.6 Å². The lowest BCUT2D eigenvalue weighted by Gasteiger charge is -2.20. The Morgan fingerprint density at radius 2 is 1.76 bits per heavy atom. The third kappa shape index (κ3) is 2.77. The molecule has 0 aromatic heterocycles. The first-order chi connectivity index (χ1) is 7.83. The third-order valence-corrected chi connectivity index (χ3v) is 4.06. The molecule has 1 aromatic rings. The second-order valence-electron chi connectivity index (χ2n) is 4.52. The summed E-state index contributed by atoms with van der Waals surface area (Å²) in [5, 5.41) is 0. The molecular weight excluding hydrogens is 247 g/mol. The van der Waals surface area contributed by atoms with E-state index in [2.05, 4.69) is 0 Å². The molecule has 0 amide bonds. The molecule has 5 heteroatoms. The molecule has 0 spiro atoms. The first-order valence-electron chi connectivity index (χ1n) is 5.45. The molecule has 0 heterocycles. The van der Waals surface area contributed by atoms with Crippen LogP contribution in [0.1, 0.15) is 25.3 Å². The zero-order chi connectivity index (χ0) is 12.7. The Morgan fingerprint density at radius 3 is 2.12 bits per heavy atom. The van der Waals surface area contributed by atoms with Gasteiger partial charge in [0, 0.05) is 16.4 Å². The average Bonchev–Trinajstić information content (AvgIpc) is 2.97. The quantitative estimate of drug-likeness (QED) is 0.840. The van der Waals surface area contributed by atoms with Gasteiger partial charge in [-0.1, -0.05) is 12.1 Å². The van der Waals surface area contributed by atoms with Crippen LogP contribution in [0.3, 0.4) is 0 Å². The lowest BCUT2D eigenvalue weighted by molar-refractivity contribution is -0.0328. The first-order valence-corrected chi connectivity index (χ1v) is 6.27. The summed E-state index contributed by atoms with van der Waals surface area (Å²) in [6, 6.07) is 6.63. The van der Waals surface area contributed by atoms with Crippen molar-refractivity contribution < 1.29 is 13.2 Å². The molecule has 1 aromatic carbocycles. The Hall–Kier alpha value is -0.680. The molecular formula is C12H14F3NS. The fourth-order valence-corrected chi connectivity index (χ4v) is 2.67. The molecule has 0 saturated heterocycles. The number of halogens is 3. The van der Waals surface area contributed by atoms with E-state index in [1.54, 1.807) is 12.1 Å². The van der Waals surface area contributed by atoms with Gasteiger partial charge in [0.1, 0.15) is 0 Å². The Bertz CT molecular complexity index is 393.